The van der Waals surface area contributed by atoms with Gasteiger partial charge in [-0.25, -0.2) is 0 Å². The van der Waals surface area contributed by atoms with E-state index in [1.807, 2.05) is 55.4 Å². The molecule has 2 unspecified atom stereocenters. The summed E-state index contributed by atoms with van der Waals surface area (Å²) in [5.41, 5.74) is -1.72. The van der Waals surface area contributed by atoms with Crippen molar-refractivity contribution in [3.05, 3.63) is 0 Å². The van der Waals surface area contributed by atoms with Crippen molar-refractivity contribution in [1.29, 1.82) is 0 Å². The van der Waals surface area contributed by atoms with Crippen molar-refractivity contribution in [2.45, 2.75) is 135 Å². The number of ether oxygens (including phenoxy) is 2. The van der Waals surface area contributed by atoms with E-state index in [2.05, 4.69) is 0 Å². The summed E-state index contributed by atoms with van der Waals surface area (Å²) in [5, 5.41) is 32.2. The van der Waals surface area contributed by atoms with Crippen LogP contribution >= 0.6 is 0 Å². The fraction of sp³-hybridized carbons (Fsp3) is 0.957. The maximum atomic E-state index is 12.7. The molecular weight excluding hydrogens is 400 g/mol. The van der Waals surface area contributed by atoms with Crippen LogP contribution in [0.15, 0.2) is 0 Å². The maximum Gasteiger partial charge on any atom is 0.309 e. The third-order valence-electron chi connectivity index (χ3n) is 6.86. The van der Waals surface area contributed by atoms with E-state index in [1.165, 1.54) is 5.06 Å². The van der Waals surface area contributed by atoms with Crippen LogP contribution in [0.3, 0.4) is 0 Å². The molecule has 2 fully saturated rings. The summed E-state index contributed by atoms with van der Waals surface area (Å²) in [6.45, 7) is 17.5. The summed E-state index contributed by atoms with van der Waals surface area (Å²) in [7, 11) is 0. The lowest BCUT2D eigenvalue weighted by molar-refractivity contribution is -0.275. The van der Waals surface area contributed by atoms with Crippen LogP contribution in [-0.4, -0.2) is 72.3 Å². The van der Waals surface area contributed by atoms with Crippen molar-refractivity contribution in [1.82, 2.24) is 10.1 Å². The molecule has 2 saturated heterocycles. The normalized spacial score (nSPS) is 28.8. The Balaban J connectivity index is 1.90. The molecule has 0 amide bonds. The summed E-state index contributed by atoms with van der Waals surface area (Å²) in [4.78, 5) is 12.7. The van der Waals surface area contributed by atoms with E-state index in [9.17, 15) is 15.1 Å². The van der Waals surface area contributed by atoms with Gasteiger partial charge in [0.2, 0.25) is 0 Å². The Bertz CT molecular complexity index is 612. The molecule has 8 heteroatoms. The van der Waals surface area contributed by atoms with E-state index >= 15 is 0 Å². The van der Waals surface area contributed by atoms with Gasteiger partial charge in [-0.05, 0) is 68.2 Å². The highest BCUT2D eigenvalue weighted by molar-refractivity contribution is 5.72. The largest absolute Gasteiger partial charge is 0.462 e. The van der Waals surface area contributed by atoms with E-state index in [-0.39, 0.29) is 35.7 Å². The van der Waals surface area contributed by atoms with Crippen molar-refractivity contribution in [2.75, 3.05) is 0 Å². The number of piperidine rings is 2. The monoisotopic (exact) mass is 445 g/mol. The number of aliphatic hydroxyl groups excluding tert-OH is 1. The first kappa shape index (κ1) is 26.5. The van der Waals surface area contributed by atoms with Crippen LogP contribution in [0.25, 0.3) is 0 Å². The van der Waals surface area contributed by atoms with Gasteiger partial charge in [-0.1, -0.05) is 12.0 Å². The summed E-state index contributed by atoms with van der Waals surface area (Å²) in [5.74, 6) is -0.863. The highest BCUT2D eigenvalue weighted by Gasteiger charge is 2.50. The molecule has 2 rings (SSSR count). The van der Waals surface area contributed by atoms with Crippen LogP contribution in [0.2, 0.25) is 0 Å². The van der Waals surface area contributed by atoms with E-state index in [0.29, 0.717) is 25.7 Å². The zero-order chi connectivity index (χ0) is 24.0. The minimum atomic E-state index is -1.07. The number of carbonyl (C=O) groups is 1. The summed E-state index contributed by atoms with van der Waals surface area (Å²) >= 11 is 0. The molecule has 0 bridgehead atoms. The highest BCUT2D eigenvalue weighted by Crippen LogP contribution is 2.39. The number of hydrogen-bond acceptors (Lipinski definition) is 7. The fourth-order valence-corrected chi connectivity index (χ4v) is 5.50. The zero-order valence-corrected chi connectivity index (χ0v) is 20.9. The minimum Gasteiger partial charge on any atom is -0.462 e. The minimum absolute atomic E-state index is 0.159. The van der Waals surface area contributed by atoms with Crippen molar-refractivity contribution < 1.29 is 29.8 Å². The van der Waals surface area contributed by atoms with Gasteiger partial charge in [-0.3, -0.25) is 4.79 Å². The average Bonchev–Trinajstić information content (AvgIpc) is 2.56. The molecule has 0 aromatic carbocycles. The van der Waals surface area contributed by atoms with E-state index in [0.717, 1.165) is 0 Å². The number of hydrogen-bond donors (Lipinski definition) is 2. The van der Waals surface area contributed by atoms with Crippen LogP contribution in [0.4, 0.5) is 0 Å². The van der Waals surface area contributed by atoms with Gasteiger partial charge in [0.1, 0.15) is 6.10 Å². The first-order valence-corrected chi connectivity index (χ1v) is 11.4. The molecule has 0 aromatic rings. The molecular formula is C23H45N2O6+. The van der Waals surface area contributed by atoms with E-state index < -0.39 is 23.3 Å². The number of aliphatic hydroxyl groups is 1. The van der Waals surface area contributed by atoms with Gasteiger partial charge in [-0.2, -0.15) is 5.06 Å². The van der Waals surface area contributed by atoms with E-state index in [4.69, 9.17) is 14.7 Å². The quantitative estimate of drug-likeness (QED) is 0.368. The lowest BCUT2D eigenvalue weighted by atomic mass is 9.80. The van der Waals surface area contributed by atoms with Crippen molar-refractivity contribution in [3.63, 3.8) is 0 Å². The standard InChI is InChI=1S/C23H44N2O6/c1-15(19(27)31-17-13-22(6,7)25(29)23(8,9)14-17)10-18(26)30-16-11-20(2,3)24(28)21(4,5)12-16/h15-18,26,28-29H,10-14H2,1-9H3/p+1. The Morgan fingerprint density at radius 1 is 0.935 bits per heavy atom. The summed E-state index contributed by atoms with van der Waals surface area (Å²) < 4.78 is 11.7. The molecule has 2 heterocycles. The SMILES string of the molecule is CC(CC(O)OC1CC(C)(C)N([OH2+])C(C)(C)C1)C(=O)OC1CC(C)(C)N(O)C(C)(C)C1. The summed E-state index contributed by atoms with van der Waals surface area (Å²) in [6, 6.07) is 0. The molecule has 2 aliphatic rings. The number of rotatable bonds is 6. The van der Waals surface area contributed by atoms with Gasteiger partial charge in [0.05, 0.1) is 23.1 Å². The average molecular weight is 446 g/mol. The smallest absolute Gasteiger partial charge is 0.309 e. The molecule has 0 radical (unpaired) electrons. The highest BCUT2D eigenvalue weighted by atomic mass is 16.6. The van der Waals surface area contributed by atoms with Gasteiger partial charge in [0.15, 0.2) is 6.29 Å². The third-order valence-corrected chi connectivity index (χ3v) is 6.86. The van der Waals surface area contributed by atoms with Crippen LogP contribution in [0, 0.1) is 5.92 Å². The predicted octanol–water partition coefficient (Wildman–Crippen LogP) is 2.96. The van der Waals surface area contributed by atoms with E-state index in [1.54, 1.807) is 12.0 Å². The Labute approximate surface area is 187 Å². The predicted molar refractivity (Wildman–Crippen MR) is 118 cm³/mol. The van der Waals surface area contributed by atoms with Crippen molar-refractivity contribution in [3.8, 4) is 0 Å². The molecule has 2 aliphatic heterocycles. The van der Waals surface area contributed by atoms with Gasteiger partial charge in [0.25, 0.3) is 0 Å². The summed E-state index contributed by atoms with van der Waals surface area (Å²) in [6.07, 6.45) is 0.986. The molecule has 0 saturated carbocycles. The Kier molecular flexibility index (Phi) is 7.58. The number of nitrogens with zero attached hydrogens (tertiary/aromatic N) is 2. The second-order valence-electron chi connectivity index (χ2n) is 12.1. The van der Waals surface area contributed by atoms with Crippen LogP contribution in [-0.2, 0) is 14.3 Å². The van der Waals surface area contributed by atoms with Gasteiger partial charge >= 0.3 is 5.97 Å². The Morgan fingerprint density at radius 3 is 1.81 bits per heavy atom. The van der Waals surface area contributed by atoms with Crippen molar-refractivity contribution in [2.24, 2.45) is 5.92 Å². The second-order valence-corrected chi connectivity index (χ2v) is 12.1. The number of hydroxylamine groups is 4. The number of carbonyl (C=O) groups excluding carboxylic acids is 1. The number of esters is 1. The van der Waals surface area contributed by atoms with Gasteiger partial charge < -0.3 is 25.0 Å². The van der Waals surface area contributed by atoms with Crippen molar-refractivity contribution >= 4 is 5.97 Å². The lowest BCUT2D eigenvalue weighted by Crippen LogP contribution is -2.61. The van der Waals surface area contributed by atoms with Gasteiger partial charge in [0, 0.05) is 30.3 Å². The van der Waals surface area contributed by atoms with Crippen LogP contribution < -0.4 is 0 Å². The van der Waals surface area contributed by atoms with Gasteiger partial charge in [-0.15, -0.1) is 0 Å². The molecule has 0 spiro atoms. The first-order chi connectivity index (χ1) is 13.9. The molecule has 2 atom stereocenters. The molecule has 0 aromatic heterocycles. The molecule has 8 nitrogen and oxygen atoms in total. The Morgan fingerprint density at radius 2 is 1.35 bits per heavy atom. The van der Waals surface area contributed by atoms with Crippen LogP contribution in [0.5, 0.6) is 0 Å². The topological polar surface area (TPSA) is 105 Å². The zero-order valence-electron chi connectivity index (χ0n) is 20.9. The Hall–Kier alpha value is -0.770. The maximum absolute atomic E-state index is 12.7. The molecule has 31 heavy (non-hydrogen) atoms. The molecule has 4 N–H and O–H groups in total. The third kappa shape index (κ3) is 6.18. The lowest BCUT2D eigenvalue weighted by Gasteiger charge is -2.51. The first-order valence-electron chi connectivity index (χ1n) is 11.4. The molecule has 0 aliphatic carbocycles. The van der Waals surface area contributed by atoms with Crippen LogP contribution in [0.1, 0.15) is 94.4 Å². The molecule has 182 valence electrons. The second kappa shape index (κ2) is 8.88. The fourth-order valence-electron chi connectivity index (χ4n) is 5.50.